The van der Waals surface area contributed by atoms with Gasteiger partial charge in [0.15, 0.2) is 17.0 Å². The van der Waals surface area contributed by atoms with E-state index in [1.807, 2.05) is 35.1 Å². The minimum atomic E-state index is -0.193. The Balaban J connectivity index is 1.33. The summed E-state index contributed by atoms with van der Waals surface area (Å²) in [6, 6.07) is 8.27. The van der Waals surface area contributed by atoms with Crippen LogP contribution < -0.4 is 5.32 Å². The highest BCUT2D eigenvalue weighted by Crippen LogP contribution is 2.40. The number of nitrogens with zero attached hydrogens (tertiary/aromatic N) is 5. The summed E-state index contributed by atoms with van der Waals surface area (Å²) in [5.74, 6) is 2.15. The number of anilines is 1. The molecule has 0 unspecified atom stereocenters. The number of para-hydroxylation sites is 2. The number of imidazole rings is 1. The first-order chi connectivity index (χ1) is 14.7. The summed E-state index contributed by atoms with van der Waals surface area (Å²) in [6.07, 6.45) is 7.55. The Morgan fingerprint density at radius 2 is 1.90 bits per heavy atom. The molecule has 0 atom stereocenters. The topological polar surface area (TPSA) is 105 Å². The maximum atomic E-state index is 9.91. The molecular formula is C22H25N7O. The second-order valence-corrected chi connectivity index (χ2v) is 8.55. The minimum absolute atomic E-state index is 0.193. The molecule has 0 radical (unpaired) electrons. The van der Waals surface area contributed by atoms with Crippen LogP contribution in [0.4, 0.5) is 5.82 Å². The normalized spacial score (nSPS) is 22.0. The predicted molar refractivity (Wildman–Crippen MR) is 114 cm³/mol. The van der Waals surface area contributed by atoms with Crippen molar-refractivity contribution in [2.45, 2.75) is 63.1 Å². The lowest BCUT2D eigenvalue weighted by molar-refractivity contribution is 0.109. The van der Waals surface area contributed by atoms with Crippen LogP contribution in [-0.2, 0) is 6.54 Å². The first kappa shape index (κ1) is 17.8. The molecule has 0 spiro atoms. The van der Waals surface area contributed by atoms with E-state index in [2.05, 4.69) is 15.3 Å². The zero-order valence-corrected chi connectivity index (χ0v) is 16.8. The van der Waals surface area contributed by atoms with Crippen molar-refractivity contribution in [2.75, 3.05) is 5.32 Å². The maximum Gasteiger partial charge on any atom is 0.179 e. The Kier molecular flexibility index (Phi) is 4.19. The number of rotatable bonds is 5. The molecule has 6 rings (SSSR count). The molecule has 0 aliphatic heterocycles. The average molecular weight is 403 g/mol. The van der Waals surface area contributed by atoms with Crippen molar-refractivity contribution < 1.29 is 5.11 Å². The van der Waals surface area contributed by atoms with E-state index in [0.717, 1.165) is 65.2 Å². The molecule has 1 aromatic carbocycles. The smallest absolute Gasteiger partial charge is 0.179 e. The average Bonchev–Trinajstić information content (AvgIpc) is 3.44. The molecule has 2 fully saturated rings. The van der Waals surface area contributed by atoms with Crippen molar-refractivity contribution in [2.24, 2.45) is 0 Å². The molecule has 2 aliphatic rings. The molecule has 3 N–H and O–H groups in total. The number of fused-ring (bicyclic) bond motifs is 2. The third-order valence-corrected chi connectivity index (χ3v) is 6.29. The summed E-state index contributed by atoms with van der Waals surface area (Å²) in [6.45, 7) is 0.538. The maximum absolute atomic E-state index is 9.91. The fourth-order valence-corrected chi connectivity index (χ4v) is 4.43. The second kappa shape index (κ2) is 7.05. The fourth-order valence-electron chi connectivity index (χ4n) is 4.43. The van der Waals surface area contributed by atoms with Gasteiger partial charge in [-0.2, -0.15) is 5.10 Å². The van der Waals surface area contributed by atoms with E-state index in [-0.39, 0.29) is 12.1 Å². The van der Waals surface area contributed by atoms with Gasteiger partial charge in [-0.1, -0.05) is 12.1 Å². The zero-order chi connectivity index (χ0) is 20.1. The third-order valence-electron chi connectivity index (χ3n) is 6.29. The van der Waals surface area contributed by atoms with Crippen LogP contribution >= 0.6 is 0 Å². The summed E-state index contributed by atoms with van der Waals surface area (Å²) in [5.41, 5.74) is 4.72. The summed E-state index contributed by atoms with van der Waals surface area (Å²) in [7, 11) is 0. The second-order valence-electron chi connectivity index (χ2n) is 8.55. The van der Waals surface area contributed by atoms with E-state index < -0.39 is 0 Å². The Labute approximate surface area is 173 Å². The van der Waals surface area contributed by atoms with Gasteiger partial charge in [-0.25, -0.2) is 19.6 Å². The molecule has 154 valence electrons. The predicted octanol–water partition coefficient (Wildman–Crippen LogP) is 3.67. The standard InChI is InChI=1S/C22H25N7O/c30-15-9-7-14(8-10-15)29-22-20(23-11-18(27-22)13-5-6-13)21(28-29)24-12-19-25-16-3-1-2-4-17(16)26-19/h1-4,11,13-15,30H,5-10,12H2,(H,24,28)(H,25,26)/t14-,15+. The van der Waals surface area contributed by atoms with Gasteiger partial charge >= 0.3 is 0 Å². The highest BCUT2D eigenvalue weighted by molar-refractivity contribution is 5.83. The number of aromatic nitrogens is 6. The number of benzene rings is 1. The first-order valence-electron chi connectivity index (χ1n) is 10.9. The molecule has 0 bridgehead atoms. The molecule has 0 saturated heterocycles. The van der Waals surface area contributed by atoms with E-state index >= 15 is 0 Å². The van der Waals surface area contributed by atoms with Crippen molar-refractivity contribution in [1.29, 1.82) is 0 Å². The third kappa shape index (κ3) is 3.21. The van der Waals surface area contributed by atoms with E-state index in [9.17, 15) is 5.11 Å². The molecule has 0 amide bonds. The highest BCUT2D eigenvalue weighted by atomic mass is 16.3. The molecule has 8 nitrogen and oxygen atoms in total. The molecule has 2 saturated carbocycles. The zero-order valence-electron chi connectivity index (χ0n) is 16.8. The lowest BCUT2D eigenvalue weighted by atomic mass is 9.93. The monoisotopic (exact) mass is 403 g/mol. The van der Waals surface area contributed by atoms with E-state index in [0.29, 0.717) is 12.5 Å². The van der Waals surface area contributed by atoms with Gasteiger partial charge in [0.2, 0.25) is 0 Å². The molecule has 3 aromatic heterocycles. The molecule has 3 heterocycles. The van der Waals surface area contributed by atoms with Crippen LogP contribution in [0.15, 0.2) is 30.5 Å². The summed E-state index contributed by atoms with van der Waals surface area (Å²) >= 11 is 0. The Bertz CT molecular complexity index is 1170. The number of H-pyrrole nitrogens is 1. The SMILES string of the molecule is O[C@H]1CC[C@@H](n2nc(NCc3nc4ccccc4[nH]3)c3ncc(C4CC4)nc32)CC1. The molecule has 4 aromatic rings. The van der Waals surface area contributed by atoms with Crippen LogP contribution in [0.2, 0.25) is 0 Å². The summed E-state index contributed by atoms with van der Waals surface area (Å²) in [5, 5.41) is 18.2. The van der Waals surface area contributed by atoms with Gasteiger partial charge in [-0.3, -0.25) is 0 Å². The van der Waals surface area contributed by atoms with Crippen molar-refractivity contribution in [3.63, 3.8) is 0 Å². The number of aliphatic hydroxyl groups is 1. The van der Waals surface area contributed by atoms with Crippen LogP contribution in [0.3, 0.4) is 0 Å². The Morgan fingerprint density at radius 3 is 2.70 bits per heavy atom. The van der Waals surface area contributed by atoms with Crippen molar-refractivity contribution >= 4 is 28.0 Å². The van der Waals surface area contributed by atoms with Crippen LogP contribution in [0, 0.1) is 0 Å². The van der Waals surface area contributed by atoms with Crippen molar-refractivity contribution in [3.8, 4) is 0 Å². The van der Waals surface area contributed by atoms with Gasteiger partial charge in [0, 0.05) is 12.1 Å². The number of aromatic amines is 1. The lowest BCUT2D eigenvalue weighted by Gasteiger charge is -2.25. The van der Waals surface area contributed by atoms with E-state index in [1.165, 1.54) is 12.8 Å². The molecule has 2 aliphatic carbocycles. The first-order valence-corrected chi connectivity index (χ1v) is 10.9. The Morgan fingerprint density at radius 1 is 1.07 bits per heavy atom. The van der Waals surface area contributed by atoms with Crippen molar-refractivity contribution in [1.82, 2.24) is 29.7 Å². The van der Waals surface area contributed by atoms with Gasteiger partial charge in [-0.05, 0) is 50.7 Å². The summed E-state index contributed by atoms with van der Waals surface area (Å²) in [4.78, 5) is 17.7. The Hall–Kier alpha value is -3.00. The number of hydrogen-bond acceptors (Lipinski definition) is 6. The van der Waals surface area contributed by atoms with Crippen LogP contribution in [0.25, 0.3) is 22.2 Å². The molecule has 30 heavy (non-hydrogen) atoms. The quantitative estimate of drug-likeness (QED) is 0.470. The van der Waals surface area contributed by atoms with E-state index in [4.69, 9.17) is 15.1 Å². The number of hydrogen-bond donors (Lipinski definition) is 3. The number of nitrogens with one attached hydrogen (secondary N) is 2. The van der Waals surface area contributed by atoms with Crippen molar-refractivity contribution in [3.05, 3.63) is 42.0 Å². The minimum Gasteiger partial charge on any atom is -0.393 e. The molecule has 8 heteroatoms. The van der Waals surface area contributed by atoms with E-state index in [1.54, 1.807) is 0 Å². The van der Waals surface area contributed by atoms with Gasteiger partial charge in [0.25, 0.3) is 0 Å². The van der Waals surface area contributed by atoms with Gasteiger partial charge in [-0.15, -0.1) is 0 Å². The highest BCUT2D eigenvalue weighted by Gasteiger charge is 2.29. The lowest BCUT2D eigenvalue weighted by Crippen LogP contribution is -2.22. The fraction of sp³-hybridized carbons (Fsp3) is 0.455. The van der Waals surface area contributed by atoms with Gasteiger partial charge in [0.1, 0.15) is 5.82 Å². The summed E-state index contributed by atoms with van der Waals surface area (Å²) < 4.78 is 2.04. The van der Waals surface area contributed by atoms with Gasteiger partial charge in [0.05, 0.1) is 35.4 Å². The van der Waals surface area contributed by atoms with Crippen LogP contribution in [0.5, 0.6) is 0 Å². The molecular weight excluding hydrogens is 378 g/mol. The van der Waals surface area contributed by atoms with Gasteiger partial charge < -0.3 is 15.4 Å². The van der Waals surface area contributed by atoms with Crippen LogP contribution in [0.1, 0.15) is 62.0 Å². The van der Waals surface area contributed by atoms with Crippen LogP contribution in [-0.4, -0.2) is 40.9 Å². The largest absolute Gasteiger partial charge is 0.393 e. The number of aliphatic hydroxyl groups excluding tert-OH is 1.